The zero-order valence-corrected chi connectivity index (χ0v) is 8.19. The number of nitrogens with zero attached hydrogens (tertiary/aromatic N) is 1. The molecule has 1 fully saturated rings. The Morgan fingerprint density at radius 2 is 1.79 bits per heavy atom. The smallest absolute Gasteiger partial charge is 0.330 e. The molecule has 0 bridgehead atoms. The molecule has 1 rings (SSSR count). The van der Waals surface area contributed by atoms with Crippen LogP contribution in [0.5, 0.6) is 0 Å². The molecule has 0 radical (unpaired) electrons. The van der Waals surface area contributed by atoms with Gasteiger partial charge < -0.3 is 10.6 Å². The van der Waals surface area contributed by atoms with Gasteiger partial charge in [-0.2, -0.15) is 13.2 Å². The van der Waals surface area contributed by atoms with Crippen molar-refractivity contribution in [1.82, 2.24) is 4.90 Å². The van der Waals surface area contributed by atoms with Crippen molar-refractivity contribution < 1.29 is 13.2 Å². The molecule has 0 aromatic rings. The van der Waals surface area contributed by atoms with Crippen molar-refractivity contribution in [2.24, 2.45) is 11.7 Å². The maximum atomic E-state index is 12.3. The molecule has 0 spiro atoms. The molecule has 1 unspecified atom stereocenters. The van der Waals surface area contributed by atoms with E-state index in [1.54, 1.807) is 0 Å². The van der Waals surface area contributed by atoms with Crippen LogP contribution < -0.4 is 5.73 Å². The lowest BCUT2D eigenvalue weighted by Gasteiger charge is -2.21. The minimum Gasteiger partial charge on any atom is -0.330 e. The van der Waals surface area contributed by atoms with Crippen molar-refractivity contribution in [2.75, 3.05) is 26.2 Å². The highest BCUT2D eigenvalue weighted by molar-refractivity contribution is 4.73. The maximum absolute atomic E-state index is 12.3. The molecule has 0 saturated carbocycles. The number of alkyl halides is 3. The molecule has 2 nitrogen and oxygen atoms in total. The third-order valence-electron chi connectivity index (χ3n) is 2.74. The molecule has 1 aliphatic heterocycles. The van der Waals surface area contributed by atoms with Crippen LogP contribution >= 0.6 is 0 Å². The summed E-state index contributed by atoms with van der Waals surface area (Å²) in [6.45, 7) is 2.11. The first-order valence-corrected chi connectivity index (χ1v) is 5.03. The third-order valence-corrected chi connectivity index (χ3v) is 2.74. The molecular formula is C9H17F3N2. The van der Waals surface area contributed by atoms with Gasteiger partial charge in [-0.3, -0.25) is 0 Å². The van der Waals surface area contributed by atoms with E-state index in [9.17, 15) is 13.2 Å². The third kappa shape index (κ3) is 3.46. The topological polar surface area (TPSA) is 29.3 Å². The Balaban J connectivity index is 2.26. The number of likely N-dealkylation sites (tertiary alicyclic amines) is 1. The van der Waals surface area contributed by atoms with E-state index in [0.717, 1.165) is 25.9 Å². The van der Waals surface area contributed by atoms with E-state index in [4.69, 9.17) is 5.73 Å². The van der Waals surface area contributed by atoms with Gasteiger partial charge in [0.25, 0.3) is 0 Å². The van der Waals surface area contributed by atoms with E-state index in [1.807, 2.05) is 0 Å². The lowest BCUT2D eigenvalue weighted by atomic mass is 10.1. The molecule has 1 saturated heterocycles. The number of hydrogen-bond donors (Lipinski definition) is 1. The number of rotatable bonds is 4. The van der Waals surface area contributed by atoms with E-state index in [0.29, 0.717) is 6.54 Å². The van der Waals surface area contributed by atoms with Crippen LogP contribution in [-0.4, -0.2) is 37.3 Å². The first kappa shape index (κ1) is 11.8. The molecule has 0 aliphatic carbocycles. The summed E-state index contributed by atoms with van der Waals surface area (Å²) in [7, 11) is 0. The maximum Gasteiger partial charge on any atom is 0.393 e. The average Bonchev–Trinajstić information content (AvgIpc) is 2.55. The van der Waals surface area contributed by atoms with Crippen LogP contribution in [0.4, 0.5) is 13.2 Å². The molecule has 1 atom stereocenters. The highest BCUT2D eigenvalue weighted by atomic mass is 19.4. The summed E-state index contributed by atoms with van der Waals surface area (Å²) in [6.07, 6.45) is -1.77. The van der Waals surface area contributed by atoms with Crippen LogP contribution in [-0.2, 0) is 0 Å². The molecule has 0 aromatic carbocycles. The second-order valence-electron chi connectivity index (χ2n) is 3.81. The molecule has 84 valence electrons. The lowest BCUT2D eigenvalue weighted by molar-refractivity contribution is -0.174. The standard InChI is InChI=1S/C9H17F3N2/c10-9(11,12)8(7-13)3-6-14-4-1-2-5-14/h8H,1-7,13H2. The molecule has 5 heteroatoms. The van der Waals surface area contributed by atoms with Gasteiger partial charge in [0.05, 0.1) is 5.92 Å². The summed E-state index contributed by atoms with van der Waals surface area (Å²) in [5.74, 6) is -1.33. The van der Waals surface area contributed by atoms with Crippen molar-refractivity contribution in [3.8, 4) is 0 Å². The summed E-state index contributed by atoms with van der Waals surface area (Å²) >= 11 is 0. The SMILES string of the molecule is NCC(CCN1CCCC1)C(F)(F)F. The predicted molar refractivity (Wildman–Crippen MR) is 48.9 cm³/mol. The fourth-order valence-electron chi connectivity index (χ4n) is 1.76. The van der Waals surface area contributed by atoms with E-state index in [1.165, 1.54) is 0 Å². The van der Waals surface area contributed by atoms with Crippen LogP contribution in [0.2, 0.25) is 0 Å². The van der Waals surface area contributed by atoms with E-state index in [-0.39, 0.29) is 13.0 Å². The monoisotopic (exact) mass is 210 g/mol. The van der Waals surface area contributed by atoms with E-state index >= 15 is 0 Å². The van der Waals surface area contributed by atoms with Crippen LogP contribution in [0.15, 0.2) is 0 Å². The number of halogens is 3. The highest BCUT2D eigenvalue weighted by Gasteiger charge is 2.38. The van der Waals surface area contributed by atoms with Crippen molar-refractivity contribution in [1.29, 1.82) is 0 Å². The second kappa shape index (κ2) is 4.98. The number of hydrogen-bond acceptors (Lipinski definition) is 2. The number of nitrogens with two attached hydrogens (primary N) is 1. The predicted octanol–water partition coefficient (Wildman–Crippen LogP) is 1.61. The van der Waals surface area contributed by atoms with Gasteiger partial charge in [0.1, 0.15) is 0 Å². The van der Waals surface area contributed by atoms with Crippen molar-refractivity contribution in [3.63, 3.8) is 0 Å². The molecule has 1 aliphatic rings. The summed E-state index contributed by atoms with van der Waals surface area (Å²) in [6, 6.07) is 0. The zero-order valence-electron chi connectivity index (χ0n) is 8.19. The van der Waals surface area contributed by atoms with Crippen LogP contribution in [0.3, 0.4) is 0 Å². The largest absolute Gasteiger partial charge is 0.393 e. The van der Waals surface area contributed by atoms with Crippen LogP contribution in [0.25, 0.3) is 0 Å². The van der Waals surface area contributed by atoms with Crippen LogP contribution in [0.1, 0.15) is 19.3 Å². The molecule has 0 aromatic heterocycles. The minimum atomic E-state index is -4.13. The van der Waals surface area contributed by atoms with Gasteiger partial charge in [-0.05, 0) is 38.9 Å². The summed E-state index contributed by atoms with van der Waals surface area (Å²) < 4.78 is 36.9. The highest BCUT2D eigenvalue weighted by Crippen LogP contribution is 2.28. The average molecular weight is 210 g/mol. The zero-order chi connectivity index (χ0) is 10.6. The van der Waals surface area contributed by atoms with E-state index in [2.05, 4.69) is 4.90 Å². The van der Waals surface area contributed by atoms with Gasteiger partial charge in [-0.1, -0.05) is 0 Å². The summed E-state index contributed by atoms with van der Waals surface area (Å²) in [5.41, 5.74) is 5.11. The first-order chi connectivity index (χ1) is 6.54. The normalized spacial score (nSPS) is 21.4. The van der Waals surface area contributed by atoms with Gasteiger partial charge in [0.2, 0.25) is 0 Å². The summed E-state index contributed by atoms with van der Waals surface area (Å²) in [4.78, 5) is 2.08. The Kier molecular flexibility index (Phi) is 4.19. The van der Waals surface area contributed by atoms with Gasteiger partial charge in [-0.25, -0.2) is 0 Å². The van der Waals surface area contributed by atoms with Crippen molar-refractivity contribution in [3.05, 3.63) is 0 Å². The molecular weight excluding hydrogens is 193 g/mol. The van der Waals surface area contributed by atoms with Gasteiger partial charge in [-0.15, -0.1) is 0 Å². The Bertz CT molecular complexity index is 164. The Labute approximate surface area is 82.2 Å². The quantitative estimate of drug-likeness (QED) is 0.763. The fraction of sp³-hybridized carbons (Fsp3) is 1.00. The van der Waals surface area contributed by atoms with E-state index < -0.39 is 12.1 Å². The molecule has 2 N–H and O–H groups in total. The van der Waals surface area contributed by atoms with Gasteiger partial charge in [0.15, 0.2) is 0 Å². The molecule has 14 heavy (non-hydrogen) atoms. The molecule has 0 amide bonds. The first-order valence-electron chi connectivity index (χ1n) is 5.03. The Morgan fingerprint density at radius 1 is 1.21 bits per heavy atom. The van der Waals surface area contributed by atoms with Gasteiger partial charge in [0, 0.05) is 6.54 Å². The summed E-state index contributed by atoms with van der Waals surface area (Å²) in [5, 5.41) is 0. The van der Waals surface area contributed by atoms with Crippen LogP contribution in [0, 0.1) is 5.92 Å². The van der Waals surface area contributed by atoms with Crippen molar-refractivity contribution in [2.45, 2.75) is 25.4 Å². The Hall–Kier alpha value is -0.290. The molecule has 1 heterocycles. The fourth-order valence-corrected chi connectivity index (χ4v) is 1.76. The second-order valence-corrected chi connectivity index (χ2v) is 3.81. The van der Waals surface area contributed by atoms with Gasteiger partial charge >= 0.3 is 6.18 Å². The lowest BCUT2D eigenvalue weighted by Crippen LogP contribution is -2.34. The van der Waals surface area contributed by atoms with Crippen molar-refractivity contribution >= 4 is 0 Å². The Morgan fingerprint density at radius 3 is 2.21 bits per heavy atom. The minimum absolute atomic E-state index is 0.139.